The standard InChI is InChI=1S/C15H9F4N3O7/c16-14(17)15(18,19)29-9-3-1-2-8(6-9)20-12-10(21(25)26)4-7(13(23)24)5-11(12)22(27)28/h1-6,14,20H,(H,23,24). The summed E-state index contributed by atoms with van der Waals surface area (Å²) < 4.78 is 54.4. The van der Waals surface area contributed by atoms with Gasteiger partial charge in [0.25, 0.3) is 0 Å². The smallest absolute Gasteiger partial charge is 0.461 e. The monoisotopic (exact) mass is 419 g/mol. The van der Waals surface area contributed by atoms with Crippen molar-refractivity contribution in [2.75, 3.05) is 5.32 Å². The van der Waals surface area contributed by atoms with Crippen LogP contribution in [0.5, 0.6) is 5.75 Å². The van der Waals surface area contributed by atoms with Crippen molar-refractivity contribution in [3.63, 3.8) is 0 Å². The second-order valence-electron chi connectivity index (χ2n) is 5.33. The van der Waals surface area contributed by atoms with Crippen molar-refractivity contribution in [2.24, 2.45) is 0 Å². The topological polar surface area (TPSA) is 145 Å². The summed E-state index contributed by atoms with van der Waals surface area (Å²) in [4.78, 5) is 31.3. The molecule has 2 N–H and O–H groups in total. The number of nitrogens with zero attached hydrogens (tertiary/aromatic N) is 2. The molecular formula is C15H9F4N3O7. The maximum atomic E-state index is 13.0. The summed E-state index contributed by atoms with van der Waals surface area (Å²) >= 11 is 0. The molecule has 10 nitrogen and oxygen atoms in total. The van der Waals surface area contributed by atoms with Gasteiger partial charge in [0.05, 0.1) is 15.4 Å². The molecule has 0 saturated heterocycles. The van der Waals surface area contributed by atoms with Crippen molar-refractivity contribution >= 4 is 28.7 Å². The number of nitro groups is 2. The first kappa shape index (κ1) is 21.3. The van der Waals surface area contributed by atoms with Crippen molar-refractivity contribution in [3.05, 3.63) is 62.2 Å². The third-order valence-electron chi connectivity index (χ3n) is 3.35. The van der Waals surface area contributed by atoms with E-state index in [2.05, 4.69) is 10.1 Å². The summed E-state index contributed by atoms with van der Waals surface area (Å²) in [6, 6.07) is 4.94. The van der Waals surface area contributed by atoms with Gasteiger partial charge in [-0.1, -0.05) is 6.07 Å². The zero-order valence-electron chi connectivity index (χ0n) is 13.8. The van der Waals surface area contributed by atoms with E-state index in [4.69, 9.17) is 5.11 Å². The lowest BCUT2D eigenvalue weighted by atomic mass is 10.1. The van der Waals surface area contributed by atoms with Gasteiger partial charge in [0.2, 0.25) is 0 Å². The number of alkyl halides is 4. The Morgan fingerprint density at radius 2 is 1.66 bits per heavy atom. The molecular weight excluding hydrogens is 410 g/mol. The minimum Gasteiger partial charge on any atom is -0.478 e. The number of halogens is 4. The zero-order chi connectivity index (χ0) is 21.9. The van der Waals surface area contributed by atoms with E-state index in [1.165, 1.54) is 0 Å². The van der Waals surface area contributed by atoms with Crippen LogP contribution in [0.4, 0.5) is 40.3 Å². The van der Waals surface area contributed by atoms with Gasteiger partial charge >= 0.3 is 29.9 Å². The predicted octanol–water partition coefficient (Wildman–Crippen LogP) is 4.18. The SMILES string of the molecule is O=C(O)c1cc([N+](=O)[O-])c(Nc2cccc(OC(F)(F)C(F)F)c2)c([N+](=O)[O-])c1. The molecule has 0 saturated carbocycles. The number of hydrogen-bond acceptors (Lipinski definition) is 7. The van der Waals surface area contributed by atoms with E-state index in [1.807, 2.05) is 0 Å². The van der Waals surface area contributed by atoms with Crippen LogP contribution < -0.4 is 10.1 Å². The highest BCUT2D eigenvalue weighted by Crippen LogP contribution is 2.38. The molecule has 0 aliphatic rings. The number of carboxylic acids is 1. The number of carbonyl (C=O) groups is 1. The fourth-order valence-corrected chi connectivity index (χ4v) is 2.13. The van der Waals surface area contributed by atoms with Crippen molar-refractivity contribution < 1.29 is 42.0 Å². The quantitative estimate of drug-likeness (QED) is 0.368. The molecule has 0 atom stereocenters. The summed E-state index contributed by atoms with van der Waals surface area (Å²) in [5, 5.41) is 33.7. The van der Waals surface area contributed by atoms with Crippen molar-refractivity contribution in [2.45, 2.75) is 12.5 Å². The Morgan fingerprint density at radius 1 is 1.10 bits per heavy atom. The minimum atomic E-state index is -4.82. The van der Waals surface area contributed by atoms with Crippen LogP contribution in [0, 0.1) is 20.2 Å². The number of nitro benzene ring substituents is 2. The fraction of sp³-hybridized carbons (Fsp3) is 0.133. The molecule has 0 bridgehead atoms. The lowest BCUT2D eigenvalue weighted by Crippen LogP contribution is -2.33. The molecule has 0 fully saturated rings. The van der Waals surface area contributed by atoms with E-state index in [0.29, 0.717) is 12.1 Å². The number of carboxylic acid groups (broad SMARTS) is 1. The largest absolute Gasteiger partial charge is 0.478 e. The number of ether oxygens (including phenoxy) is 1. The van der Waals surface area contributed by atoms with Crippen LogP contribution >= 0.6 is 0 Å². The van der Waals surface area contributed by atoms with Gasteiger partial charge in [0.1, 0.15) is 5.75 Å². The third-order valence-corrected chi connectivity index (χ3v) is 3.35. The highest BCUT2D eigenvalue weighted by Gasteiger charge is 2.44. The Kier molecular flexibility index (Phi) is 5.85. The number of anilines is 2. The van der Waals surface area contributed by atoms with Gasteiger partial charge in [-0.25, -0.2) is 4.79 Å². The van der Waals surface area contributed by atoms with E-state index >= 15 is 0 Å². The number of aromatic carboxylic acids is 1. The maximum Gasteiger partial charge on any atom is 0.461 e. The second-order valence-corrected chi connectivity index (χ2v) is 5.33. The van der Waals surface area contributed by atoms with E-state index in [0.717, 1.165) is 24.3 Å². The van der Waals surface area contributed by atoms with Crippen LogP contribution in [0.25, 0.3) is 0 Å². The first-order valence-electron chi connectivity index (χ1n) is 7.34. The molecule has 0 radical (unpaired) electrons. The zero-order valence-corrected chi connectivity index (χ0v) is 13.8. The van der Waals surface area contributed by atoms with Crippen LogP contribution in [0.15, 0.2) is 36.4 Å². The Labute approximate surface area is 157 Å². The maximum absolute atomic E-state index is 13.0. The van der Waals surface area contributed by atoms with Crippen LogP contribution in [0.1, 0.15) is 10.4 Å². The van der Waals surface area contributed by atoms with E-state index in [1.54, 1.807) is 0 Å². The predicted molar refractivity (Wildman–Crippen MR) is 88.0 cm³/mol. The highest BCUT2D eigenvalue weighted by molar-refractivity contribution is 5.93. The second kappa shape index (κ2) is 7.95. The summed E-state index contributed by atoms with van der Waals surface area (Å²) in [5.74, 6) is -2.42. The molecule has 0 aromatic heterocycles. The molecule has 2 aromatic rings. The van der Waals surface area contributed by atoms with Gasteiger partial charge < -0.3 is 15.2 Å². The average Bonchev–Trinajstić information content (AvgIpc) is 2.60. The number of nitrogens with one attached hydrogen (secondary N) is 1. The molecule has 154 valence electrons. The van der Waals surface area contributed by atoms with Crippen molar-refractivity contribution in [1.29, 1.82) is 0 Å². The van der Waals surface area contributed by atoms with Crippen LogP contribution in [0.3, 0.4) is 0 Å². The Morgan fingerprint density at radius 3 is 2.10 bits per heavy atom. The first-order valence-corrected chi connectivity index (χ1v) is 7.34. The van der Waals surface area contributed by atoms with Gasteiger partial charge in [-0.15, -0.1) is 0 Å². The normalized spacial score (nSPS) is 11.2. The third kappa shape index (κ3) is 4.85. The van der Waals surface area contributed by atoms with Gasteiger partial charge in [-0.05, 0) is 12.1 Å². The molecule has 0 heterocycles. The highest BCUT2D eigenvalue weighted by atomic mass is 19.3. The summed E-state index contributed by atoms with van der Waals surface area (Å²) in [6.45, 7) is 0. The molecule has 0 aliphatic heterocycles. The molecule has 0 spiro atoms. The van der Waals surface area contributed by atoms with Crippen LogP contribution in [-0.4, -0.2) is 33.5 Å². The minimum absolute atomic E-state index is 0.262. The molecule has 0 amide bonds. The molecule has 2 aromatic carbocycles. The van der Waals surface area contributed by atoms with Crippen molar-refractivity contribution in [1.82, 2.24) is 0 Å². The fourth-order valence-electron chi connectivity index (χ4n) is 2.13. The Hall–Kier alpha value is -3.97. The molecule has 14 heteroatoms. The number of rotatable bonds is 8. The molecule has 0 aliphatic carbocycles. The number of benzene rings is 2. The average molecular weight is 419 g/mol. The van der Waals surface area contributed by atoms with Gasteiger partial charge in [-0.3, -0.25) is 20.2 Å². The summed E-state index contributed by atoms with van der Waals surface area (Å²) in [5.41, 5.74) is -3.71. The van der Waals surface area contributed by atoms with Crippen LogP contribution in [0.2, 0.25) is 0 Å². The first-order chi connectivity index (χ1) is 13.4. The Balaban J connectivity index is 2.51. The van der Waals surface area contributed by atoms with Crippen LogP contribution in [-0.2, 0) is 0 Å². The lowest BCUT2D eigenvalue weighted by Gasteiger charge is -2.17. The molecule has 2 rings (SSSR count). The summed E-state index contributed by atoms with van der Waals surface area (Å²) in [6.07, 6.45) is -8.95. The molecule has 29 heavy (non-hydrogen) atoms. The van der Waals surface area contributed by atoms with Gasteiger partial charge in [0.15, 0.2) is 5.69 Å². The van der Waals surface area contributed by atoms with Gasteiger partial charge in [0, 0.05) is 23.9 Å². The van der Waals surface area contributed by atoms with E-state index in [-0.39, 0.29) is 5.69 Å². The van der Waals surface area contributed by atoms with Crippen molar-refractivity contribution in [3.8, 4) is 5.75 Å². The van der Waals surface area contributed by atoms with Gasteiger partial charge in [-0.2, -0.15) is 17.6 Å². The lowest BCUT2D eigenvalue weighted by molar-refractivity contribution is -0.392. The Bertz CT molecular complexity index is 949. The molecule has 0 unspecified atom stereocenters. The van der Waals surface area contributed by atoms with E-state index in [9.17, 15) is 42.6 Å². The number of hydrogen-bond donors (Lipinski definition) is 2. The van der Waals surface area contributed by atoms with E-state index < -0.39 is 56.7 Å². The summed E-state index contributed by atoms with van der Waals surface area (Å²) in [7, 11) is 0.